The average Bonchev–Trinajstić information content (AvgIpc) is 2.50. The number of carbonyl (C=O) groups is 1. The normalized spacial score (nSPS) is 21.8. The molecular weight excluding hydrogens is 323 g/mol. The highest BCUT2D eigenvalue weighted by atomic mass is 35.5. The molecule has 22 heavy (non-hydrogen) atoms. The molecule has 120 valence electrons. The molecule has 1 aliphatic carbocycles. The van der Waals surface area contributed by atoms with E-state index in [-0.39, 0.29) is 18.6 Å². The van der Waals surface area contributed by atoms with Crippen molar-refractivity contribution in [2.45, 2.75) is 38.6 Å². The summed E-state index contributed by atoms with van der Waals surface area (Å²) < 4.78 is 0. The molecule has 1 aromatic carbocycles. The van der Waals surface area contributed by atoms with Crippen molar-refractivity contribution in [1.29, 1.82) is 0 Å². The van der Waals surface area contributed by atoms with Crippen molar-refractivity contribution in [3.8, 4) is 0 Å². The number of amides is 1. The fraction of sp³-hybridized carbons (Fsp3) is 0.500. The van der Waals surface area contributed by atoms with E-state index >= 15 is 0 Å². The minimum absolute atomic E-state index is 0.0993. The van der Waals surface area contributed by atoms with Crippen LogP contribution in [0, 0.1) is 5.92 Å². The Hall–Kier alpha value is -1.26. The topological polar surface area (TPSA) is 50.7 Å². The zero-order valence-electron chi connectivity index (χ0n) is 12.5. The molecule has 0 saturated heterocycles. The smallest absolute Gasteiger partial charge is 0.261 e. The third kappa shape index (κ3) is 4.89. The predicted octanol–water partition coefficient (Wildman–Crippen LogP) is 4.04. The molecule has 0 aromatic heterocycles. The quantitative estimate of drug-likeness (QED) is 0.648. The molecule has 1 N–H and O–H groups in total. The largest absolute Gasteiger partial charge is 0.386 e. The lowest BCUT2D eigenvalue weighted by molar-refractivity contribution is -0.126. The first-order valence-electron chi connectivity index (χ1n) is 7.46. The van der Waals surface area contributed by atoms with Crippen LogP contribution in [0.15, 0.2) is 23.4 Å². The van der Waals surface area contributed by atoms with Gasteiger partial charge in [0.25, 0.3) is 5.91 Å². The Kier molecular flexibility index (Phi) is 6.52. The molecular formula is C16H20Cl2N2O2. The van der Waals surface area contributed by atoms with Crippen LogP contribution >= 0.6 is 23.2 Å². The predicted molar refractivity (Wildman–Crippen MR) is 89.6 cm³/mol. The van der Waals surface area contributed by atoms with Gasteiger partial charge < -0.3 is 10.2 Å². The van der Waals surface area contributed by atoms with E-state index in [4.69, 9.17) is 28.0 Å². The second-order valence-corrected chi connectivity index (χ2v) is 6.37. The lowest BCUT2D eigenvalue weighted by atomic mass is 9.86. The standard InChI is InChI=1S/C16H20Cl2N2O2/c1-11-5-2-3-8-14(11)20-15(21)10-22-19-9-12-6-4-7-13(17)16(12)18/h4,6-7,9,11,14H,2-3,5,8,10H2,1H3,(H,20,21)/b19-9-/t11-,14+/m0/s1. The van der Waals surface area contributed by atoms with Crippen LogP contribution in [0.2, 0.25) is 10.0 Å². The zero-order valence-corrected chi connectivity index (χ0v) is 14.0. The molecule has 1 fully saturated rings. The lowest BCUT2D eigenvalue weighted by Gasteiger charge is -2.29. The van der Waals surface area contributed by atoms with E-state index < -0.39 is 0 Å². The fourth-order valence-corrected chi connectivity index (χ4v) is 2.95. The van der Waals surface area contributed by atoms with Crippen LogP contribution in [0.25, 0.3) is 0 Å². The summed E-state index contributed by atoms with van der Waals surface area (Å²) in [6.07, 6.45) is 6.06. The van der Waals surface area contributed by atoms with E-state index in [0.717, 1.165) is 12.8 Å². The first-order valence-corrected chi connectivity index (χ1v) is 8.22. The van der Waals surface area contributed by atoms with Gasteiger partial charge in [0.1, 0.15) is 0 Å². The molecule has 0 unspecified atom stereocenters. The fourth-order valence-electron chi connectivity index (χ4n) is 2.59. The van der Waals surface area contributed by atoms with E-state index in [1.165, 1.54) is 19.1 Å². The average molecular weight is 343 g/mol. The van der Waals surface area contributed by atoms with E-state index in [0.29, 0.717) is 21.5 Å². The minimum atomic E-state index is -0.145. The molecule has 2 rings (SSSR count). The maximum atomic E-state index is 11.8. The second kappa shape index (κ2) is 8.39. The molecule has 0 radical (unpaired) electrons. The number of benzene rings is 1. The summed E-state index contributed by atoms with van der Waals surface area (Å²) in [5, 5.41) is 7.64. The van der Waals surface area contributed by atoms with E-state index in [9.17, 15) is 4.79 Å². The van der Waals surface area contributed by atoms with Gasteiger partial charge in [0, 0.05) is 11.6 Å². The van der Waals surface area contributed by atoms with Crippen LogP contribution in [0.3, 0.4) is 0 Å². The second-order valence-electron chi connectivity index (χ2n) is 5.59. The molecule has 0 spiro atoms. The van der Waals surface area contributed by atoms with E-state index in [1.54, 1.807) is 18.2 Å². The number of hydrogen-bond acceptors (Lipinski definition) is 3. The van der Waals surface area contributed by atoms with Gasteiger partial charge in [-0.2, -0.15) is 0 Å². The first kappa shape index (κ1) is 17.1. The van der Waals surface area contributed by atoms with Gasteiger partial charge in [-0.3, -0.25) is 4.79 Å². The Morgan fingerprint density at radius 3 is 2.95 bits per heavy atom. The summed E-state index contributed by atoms with van der Waals surface area (Å²) in [6.45, 7) is 2.07. The lowest BCUT2D eigenvalue weighted by Crippen LogP contribution is -2.42. The van der Waals surface area contributed by atoms with Gasteiger partial charge in [0.05, 0.1) is 16.3 Å². The van der Waals surface area contributed by atoms with Gasteiger partial charge in [-0.15, -0.1) is 0 Å². The van der Waals surface area contributed by atoms with Crippen molar-refractivity contribution in [3.05, 3.63) is 33.8 Å². The molecule has 0 aliphatic heterocycles. The molecule has 1 saturated carbocycles. The molecule has 0 heterocycles. The SMILES string of the molecule is C[C@H]1CCCC[C@H]1NC(=O)CO/N=C\c1cccc(Cl)c1Cl. The van der Waals surface area contributed by atoms with Crippen molar-refractivity contribution in [2.75, 3.05) is 6.61 Å². The van der Waals surface area contributed by atoms with Gasteiger partial charge in [0.15, 0.2) is 6.61 Å². The number of rotatable bonds is 5. The Labute approximate surface area is 140 Å². The molecule has 2 atom stereocenters. The van der Waals surface area contributed by atoms with Gasteiger partial charge in [-0.05, 0) is 24.8 Å². The number of halogens is 2. The highest BCUT2D eigenvalue weighted by Gasteiger charge is 2.22. The van der Waals surface area contributed by atoms with Crippen LogP contribution in [-0.4, -0.2) is 24.8 Å². The van der Waals surface area contributed by atoms with Crippen LogP contribution in [0.4, 0.5) is 0 Å². The Morgan fingerprint density at radius 1 is 1.41 bits per heavy atom. The Morgan fingerprint density at radius 2 is 2.18 bits per heavy atom. The van der Waals surface area contributed by atoms with Crippen LogP contribution in [0.5, 0.6) is 0 Å². The minimum Gasteiger partial charge on any atom is -0.386 e. The van der Waals surface area contributed by atoms with Crippen molar-refractivity contribution < 1.29 is 9.63 Å². The first-order chi connectivity index (χ1) is 10.6. The molecule has 0 bridgehead atoms. The molecule has 4 nitrogen and oxygen atoms in total. The van der Waals surface area contributed by atoms with Gasteiger partial charge in [0.2, 0.25) is 0 Å². The van der Waals surface area contributed by atoms with Gasteiger partial charge >= 0.3 is 0 Å². The Bertz CT molecular complexity index is 549. The van der Waals surface area contributed by atoms with Crippen molar-refractivity contribution in [3.63, 3.8) is 0 Å². The highest BCUT2D eigenvalue weighted by molar-refractivity contribution is 6.43. The van der Waals surface area contributed by atoms with Gasteiger partial charge in [-0.25, -0.2) is 0 Å². The van der Waals surface area contributed by atoms with E-state index in [2.05, 4.69) is 17.4 Å². The van der Waals surface area contributed by atoms with E-state index in [1.807, 2.05) is 0 Å². The molecule has 1 aromatic rings. The third-order valence-corrected chi connectivity index (χ3v) is 4.73. The summed E-state index contributed by atoms with van der Waals surface area (Å²) in [7, 11) is 0. The van der Waals surface area contributed by atoms with Crippen LogP contribution < -0.4 is 5.32 Å². The number of carbonyl (C=O) groups excluding carboxylic acids is 1. The molecule has 1 aliphatic rings. The maximum absolute atomic E-state index is 11.8. The van der Waals surface area contributed by atoms with Crippen molar-refractivity contribution in [1.82, 2.24) is 5.32 Å². The Balaban J connectivity index is 1.77. The summed E-state index contributed by atoms with van der Waals surface area (Å²) >= 11 is 11.9. The zero-order chi connectivity index (χ0) is 15.9. The number of nitrogens with one attached hydrogen (secondary N) is 1. The van der Waals surface area contributed by atoms with Crippen molar-refractivity contribution >= 4 is 35.3 Å². The number of oxime groups is 1. The van der Waals surface area contributed by atoms with Crippen LogP contribution in [0.1, 0.15) is 38.2 Å². The third-order valence-electron chi connectivity index (χ3n) is 3.90. The molecule has 1 amide bonds. The van der Waals surface area contributed by atoms with Gasteiger partial charge in [-0.1, -0.05) is 60.3 Å². The van der Waals surface area contributed by atoms with Crippen molar-refractivity contribution in [2.24, 2.45) is 11.1 Å². The highest BCUT2D eigenvalue weighted by Crippen LogP contribution is 2.24. The summed E-state index contributed by atoms with van der Waals surface area (Å²) in [6, 6.07) is 5.48. The molecule has 6 heteroatoms. The number of hydrogen-bond donors (Lipinski definition) is 1. The number of nitrogens with zero attached hydrogens (tertiary/aromatic N) is 1. The summed E-state index contributed by atoms with van der Waals surface area (Å²) in [4.78, 5) is 16.9. The summed E-state index contributed by atoms with van der Waals surface area (Å²) in [5.41, 5.74) is 0.649. The summed E-state index contributed by atoms with van der Waals surface area (Å²) in [5.74, 6) is 0.375. The monoisotopic (exact) mass is 342 g/mol. The van der Waals surface area contributed by atoms with Crippen LogP contribution in [-0.2, 0) is 9.63 Å². The maximum Gasteiger partial charge on any atom is 0.261 e.